The Labute approximate surface area is 192 Å². The maximum atomic E-state index is 5.78. The summed E-state index contributed by atoms with van der Waals surface area (Å²) in [7, 11) is 1.77. The fourth-order valence-corrected chi connectivity index (χ4v) is 4.46. The van der Waals surface area contributed by atoms with Gasteiger partial charge in [0.2, 0.25) is 0 Å². The van der Waals surface area contributed by atoms with Crippen molar-refractivity contribution in [3.8, 4) is 5.75 Å². The zero-order valence-electron chi connectivity index (χ0n) is 19.5. The lowest BCUT2D eigenvalue weighted by atomic mass is 9.94. The molecule has 0 radical (unpaired) electrons. The highest BCUT2D eigenvalue weighted by molar-refractivity contribution is 5.86. The molecule has 0 aliphatic carbocycles. The van der Waals surface area contributed by atoms with Gasteiger partial charge in [0.15, 0.2) is 0 Å². The quantitative estimate of drug-likeness (QED) is 0.314. The highest BCUT2D eigenvalue weighted by Crippen LogP contribution is 2.30. The molecule has 0 aromatic heterocycles. The van der Waals surface area contributed by atoms with Gasteiger partial charge in [-0.1, -0.05) is 68.4 Å². The smallest absolute Gasteiger partial charge is 0.123 e. The highest BCUT2D eigenvalue weighted by Gasteiger charge is 2.11. The summed E-state index contributed by atoms with van der Waals surface area (Å²) in [4.78, 5) is 2.45. The minimum absolute atomic E-state index is 0.853. The van der Waals surface area contributed by atoms with E-state index in [4.69, 9.17) is 4.74 Å². The number of fused-ring (bicyclic) bond motifs is 2. The van der Waals surface area contributed by atoms with Crippen molar-refractivity contribution in [1.29, 1.82) is 0 Å². The molecule has 0 fully saturated rings. The van der Waals surface area contributed by atoms with E-state index in [1.54, 1.807) is 7.11 Å². The van der Waals surface area contributed by atoms with Crippen molar-refractivity contribution >= 4 is 21.5 Å². The van der Waals surface area contributed by atoms with Crippen LogP contribution in [0.3, 0.4) is 0 Å². The Balaban J connectivity index is 1.63. The van der Waals surface area contributed by atoms with E-state index in [0.717, 1.165) is 44.9 Å². The van der Waals surface area contributed by atoms with E-state index >= 15 is 0 Å². The molecule has 4 rings (SSSR count). The van der Waals surface area contributed by atoms with Crippen LogP contribution >= 0.6 is 0 Å². The number of nitrogens with one attached hydrogen (secondary N) is 1. The summed E-state index contributed by atoms with van der Waals surface area (Å²) >= 11 is 0. The van der Waals surface area contributed by atoms with Gasteiger partial charge in [-0.05, 0) is 69.5 Å². The van der Waals surface area contributed by atoms with Crippen LogP contribution in [0.4, 0.5) is 0 Å². The second kappa shape index (κ2) is 10.6. The van der Waals surface area contributed by atoms with Crippen LogP contribution in [0.5, 0.6) is 5.75 Å². The first-order valence-electron chi connectivity index (χ1n) is 11.7. The standard InChI is InChI=1S/C29H34N2O/c1-4-31(5-2)15-14-30-21-28-18-24-12-7-6-10-22(24)16-26(28)19-27-17-23-11-8-9-13-25(23)20-29(27)32-3/h6-13,16-18,20,30H,4-5,14-15,19,21H2,1-3H3. The number of hydrogen-bond donors (Lipinski definition) is 1. The van der Waals surface area contributed by atoms with Crippen LogP contribution in [0.25, 0.3) is 21.5 Å². The second-order valence-electron chi connectivity index (χ2n) is 8.36. The number of hydrogen-bond acceptors (Lipinski definition) is 3. The summed E-state index contributed by atoms with van der Waals surface area (Å²) < 4.78 is 5.78. The molecule has 3 nitrogen and oxygen atoms in total. The molecule has 166 valence electrons. The number of nitrogens with zero attached hydrogens (tertiary/aromatic N) is 1. The summed E-state index contributed by atoms with van der Waals surface area (Å²) in [5, 5.41) is 8.72. The van der Waals surface area contributed by atoms with Gasteiger partial charge in [0.1, 0.15) is 5.75 Å². The SMILES string of the molecule is CCN(CC)CCNCc1cc2ccccc2cc1Cc1cc2ccccc2cc1OC. The van der Waals surface area contributed by atoms with E-state index in [1.807, 2.05) is 0 Å². The maximum absolute atomic E-state index is 5.78. The molecule has 0 aliphatic rings. The largest absolute Gasteiger partial charge is 0.496 e. The van der Waals surface area contributed by atoms with Crippen LogP contribution in [0, 0.1) is 0 Å². The van der Waals surface area contributed by atoms with E-state index in [0.29, 0.717) is 0 Å². The lowest BCUT2D eigenvalue weighted by Crippen LogP contribution is -2.31. The predicted molar refractivity (Wildman–Crippen MR) is 137 cm³/mol. The first-order chi connectivity index (χ1) is 15.7. The van der Waals surface area contributed by atoms with Gasteiger partial charge in [-0.15, -0.1) is 0 Å². The summed E-state index contributed by atoms with van der Waals surface area (Å²) in [6, 6.07) is 26.3. The summed E-state index contributed by atoms with van der Waals surface area (Å²) in [6.07, 6.45) is 0.853. The third kappa shape index (κ3) is 5.12. The first-order valence-corrected chi connectivity index (χ1v) is 11.7. The molecule has 0 saturated heterocycles. The van der Waals surface area contributed by atoms with E-state index < -0.39 is 0 Å². The van der Waals surface area contributed by atoms with Crippen molar-refractivity contribution < 1.29 is 4.74 Å². The van der Waals surface area contributed by atoms with Crippen LogP contribution < -0.4 is 10.1 Å². The molecule has 0 spiro atoms. The summed E-state index contributed by atoms with van der Waals surface area (Å²) in [6.45, 7) is 9.59. The number of benzene rings is 4. The van der Waals surface area contributed by atoms with Gasteiger partial charge in [-0.25, -0.2) is 0 Å². The molecule has 0 unspecified atom stereocenters. The number of ether oxygens (including phenoxy) is 1. The van der Waals surface area contributed by atoms with Crippen molar-refractivity contribution in [3.05, 3.63) is 89.5 Å². The number of methoxy groups -OCH3 is 1. The third-order valence-electron chi connectivity index (χ3n) is 6.41. The second-order valence-corrected chi connectivity index (χ2v) is 8.36. The minimum atomic E-state index is 0.853. The average molecular weight is 427 g/mol. The van der Waals surface area contributed by atoms with Gasteiger partial charge in [-0.3, -0.25) is 0 Å². The fourth-order valence-electron chi connectivity index (χ4n) is 4.46. The molecule has 0 amide bonds. The molecule has 4 aromatic carbocycles. The van der Waals surface area contributed by atoms with E-state index in [2.05, 4.69) is 96.9 Å². The number of likely N-dealkylation sites (N-methyl/N-ethyl adjacent to an activating group) is 1. The van der Waals surface area contributed by atoms with Gasteiger partial charge in [0.05, 0.1) is 7.11 Å². The zero-order valence-corrected chi connectivity index (χ0v) is 19.5. The molecule has 1 N–H and O–H groups in total. The average Bonchev–Trinajstić information content (AvgIpc) is 2.83. The van der Waals surface area contributed by atoms with Crippen molar-refractivity contribution in [2.24, 2.45) is 0 Å². The molecule has 0 atom stereocenters. The van der Waals surface area contributed by atoms with E-state index in [1.165, 1.54) is 38.2 Å². The van der Waals surface area contributed by atoms with Gasteiger partial charge >= 0.3 is 0 Å². The first kappa shape index (κ1) is 22.3. The Morgan fingerprint density at radius 2 is 1.25 bits per heavy atom. The molecule has 0 aliphatic heterocycles. The fraction of sp³-hybridized carbons (Fsp3) is 0.310. The zero-order chi connectivity index (χ0) is 22.3. The van der Waals surface area contributed by atoms with Crippen LogP contribution in [-0.2, 0) is 13.0 Å². The minimum Gasteiger partial charge on any atom is -0.496 e. The molecule has 0 bridgehead atoms. The molecule has 4 aromatic rings. The van der Waals surface area contributed by atoms with E-state index in [9.17, 15) is 0 Å². The maximum Gasteiger partial charge on any atom is 0.123 e. The van der Waals surface area contributed by atoms with Gasteiger partial charge < -0.3 is 15.0 Å². The Kier molecular flexibility index (Phi) is 7.41. The summed E-state index contributed by atoms with van der Waals surface area (Å²) in [5.41, 5.74) is 3.94. The number of rotatable bonds is 10. The van der Waals surface area contributed by atoms with E-state index in [-0.39, 0.29) is 0 Å². The molecule has 3 heteroatoms. The Bertz CT molecular complexity index is 1180. The normalized spacial score (nSPS) is 11.5. The van der Waals surface area contributed by atoms with Crippen LogP contribution in [0.2, 0.25) is 0 Å². The molecular weight excluding hydrogens is 392 g/mol. The lowest BCUT2D eigenvalue weighted by molar-refractivity contribution is 0.302. The Hall–Kier alpha value is -2.88. The monoisotopic (exact) mass is 426 g/mol. The van der Waals surface area contributed by atoms with Crippen LogP contribution in [-0.4, -0.2) is 38.2 Å². The predicted octanol–water partition coefficient (Wildman–Crippen LogP) is 6.02. The van der Waals surface area contributed by atoms with Crippen molar-refractivity contribution in [1.82, 2.24) is 10.2 Å². The Morgan fingerprint density at radius 1 is 0.719 bits per heavy atom. The third-order valence-corrected chi connectivity index (χ3v) is 6.41. The van der Waals surface area contributed by atoms with Crippen molar-refractivity contribution in [2.45, 2.75) is 26.8 Å². The molecule has 0 saturated carbocycles. The highest BCUT2D eigenvalue weighted by atomic mass is 16.5. The summed E-state index contributed by atoms with van der Waals surface area (Å²) in [5.74, 6) is 0.956. The Morgan fingerprint density at radius 3 is 1.81 bits per heavy atom. The van der Waals surface area contributed by atoms with Gasteiger partial charge in [0.25, 0.3) is 0 Å². The van der Waals surface area contributed by atoms with Crippen LogP contribution in [0.15, 0.2) is 72.8 Å². The van der Waals surface area contributed by atoms with Crippen molar-refractivity contribution in [2.75, 3.05) is 33.3 Å². The molecule has 32 heavy (non-hydrogen) atoms. The molecular formula is C29H34N2O. The van der Waals surface area contributed by atoms with Gasteiger partial charge in [-0.2, -0.15) is 0 Å². The molecule has 0 heterocycles. The lowest BCUT2D eigenvalue weighted by Gasteiger charge is -2.19. The van der Waals surface area contributed by atoms with Crippen LogP contribution in [0.1, 0.15) is 30.5 Å². The van der Waals surface area contributed by atoms with Crippen molar-refractivity contribution in [3.63, 3.8) is 0 Å². The van der Waals surface area contributed by atoms with Gasteiger partial charge in [0, 0.05) is 26.1 Å². The topological polar surface area (TPSA) is 24.5 Å².